The van der Waals surface area contributed by atoms with Gasteiger partial charge in [0.2, 0.25) is 0 Å². The minimum absolute atomic E-state index is 0.110. The van der Waals surface area contributed by atoms with Gasteiger partial charge in [-0.3, -0.25) is 4.98 Å². The summed E-state index contributed by atoms with van der Waals surface area (Å²) in [6.45, 7) is 6.69. The van der Waals surface area contributed by atoms with Crippen molar-refractivity contribution in [1.82, 2.24) is 9.88 Å². The lowest BCUT2D eigenvalue weighted by Gasteiger charge is -2.27. The molecule has 1 heterocycles. The topological polar surface area (TPSA) is 62.7 Å². The van der Waals surface area contributed by atoms with Crippen molar-refractivity contribution < 1.29 is 14.6 Å². The molecule has 0 saturated heterocycles. The van der Waals surface area contributed by atoms with E-state index in [4.69, 9.17) is 9.84 Å². The average molecular weight is 356 g/mol. The summed E-state index contributed by atoms with van der Waals surface area (Å²) in [4.78, 5) is 18.7. The van der Waals surface area contributed by atoms with Crippen molar-refractivity contribution in [2.45, 2.75) is 45.8 Å². The van der Waals surface area contributed by atoms with E-state index in [0.29, 0.717) is 25.9 Å². The predicted octanol–water partition coefficient (Wildman–Crippen LogP) is 3.60. The molecule has 0 fully saturated rings. The van der Waals surface area contributed by atoms with Crippen molar-refractivity contribution in [2.75, 3.05) is 13.2 Å². The van der Waals surface area contributed by atoms with Gasteiger partial charge in [-0.15, -0.1) is 0 Å². The zero-order chi connectivity index (χ0) is 19.0. The summed E-state index contributed by atoms with van der Waals surface area (Å²) in [5.74, 6) is 0. The number of hydrogen-bond donors (Lipinski definition) is 1. The van der Waals surface area contributed by atoms with Crippen molar-refractivity contribution in [3.8, 4) is 0 Å². The summed E-state index contributed by atoms with van der Waals surface area (Å²) >= 11 is 0. The van der Waals surface area contributed by atoms with Crippen molar-refractivity contribution in [3.05, 3.63) is 65.5 Å². The van der Waals surface area contributed by atoms with Crippen LogP contribution in [0.5, 0.6) is 0 Å². The summed E-state index contributed by atoms with van der Waals surface area (Å²) in [6, 6.07) is 13.7. The first-order chi connectivity index (χ1) is 12.4. The van der Waals surface area contributed by atoms with E-state index < -0.39 is 5.60 Å². The zero-order valence-corrected chi connectivity index (χ0v) is 15.8. The Morgan fingerprint density at radius 1 is 1.12 bits per heavy atom. The standard InChI is InChI=1S/C21H28N2O3/c1-21(2,3)26-20(25)23(13-10-19-9-4-5-12-22-19)16-18-8-6-7-17(15-18)11-14-24/h4-9,12,15,24H,10-11,13-14,16H2,1-3H3. The second kappa shape index (κ2) is 9.34. The van der Waals surface area contributed by atoms with Crippen molar-refractivity contribution in [2.24, 2.45) is 0 Å². The summed E-state index contributed by atoms with van der Waals surface area (Å²) in [5, 5.41) is 9.13. The van der Waals surface area contributed by atoms with Crippen LogP contribution in [0.1, 0.15) is 37.6 Å². The molecule has 0 spiro atoms. The minimum Gasteiger partial charge on any atom is -0.444 e. The average Bonchev–Trinajstić information content (AvgIpc) is 2.58. The van der Waals surface area contributed by atoms with E-state index in [1.807, 2.05) is 63.2 Å². The van der Waals surface area contributed by atoms with Gasteiger partial charge >= 0.3 is 6.09 Å². The molecule has 0 radical (unpaired) electrons. The molecule has 0 aliphatic heterocycles. The highest BCUT2D eigenvalue weighted by Crippen LogP contribution is 2.15. The normalized spacial score (nSPS) is 11.2. The number of aliphatic hydroxyl groups excluding tert-OH is 1. The fraction of sp³-hybridized carbons (Fsp3) is 0.429. The Hall–Kier alpha value is -2.40. The molecule has 0 bridgehead atoms. The molecule has 1 aromatic heterocycles. The van der Waals surface area contributed by atoms with Crippen LogP contribution in [0.15, 0.2) is 48.7 Å². The molecule has 26 heavy (non-hydrogen) atoms. The molecule has 0 unspecified atom stereocenters. The first-order valence-corrected chi connectivity index (χ1v) is 8.94. The Morgan fingerprint density at radius 3 is 2.54 bits per heavy atom. The van der Waals surface area contributed by atoms with Gasteiger partial charge in [-0.1, -0.05) is 30.3 Å². The van der Waals surface area contributed by atoms with Gasteiger partial charge in [0.05, 0.1) is 0 Å². The number of hydrogen-bond acceptors (Lipinski definition) is 4. The van der Waals surface area contributed by atoms with E-state index in [9.17, 15) is 4.79 Å². The van der Waals surface area contributed by atoms with Crippen LogP contribution in [-0.4, -0.2) is 39.8 Å². The van der Waals surface area contributed by atoms with Gasteiger partial charge in [0.25, 0.3) is 0 Å². The molecule has 0 aliphatic rings. The Morgan fingerprint density at radius 2 is 1.88 bits per heavy atom. The van der Waals surface area contributed by atoms with Crippen molar-refractivity contribution in [1.29, 1.82) is 0 Å². The van der Waals surface area contributed by atoms with E-state index in [1.165, 1.54) is 0 Å². The number of aromatic nitrogens is 1. The maximum Gasteiger partial charge on any atom is 0.410 e. The van der Waals surface area contributed by atoms with Gasteiger partial charge in [0.15, 0.2) is 0 Å². The van der Waals surface area contributed by atoms with Crippen LogP contribution in [0.25, 0.3) is 0 Å². The van der Waals surface area contributed by atoms with E-state index in [-0.39, 0.29) is 12.7 Å². The van der Waals surface area contributed by atoms with E-state index in [2.05, 4.69) is 4.98 Å². The Kier molecular flexibility index (Phi) is 7.16. The van der Waals surface area contributed by atoms with E-state index in [0.717, 1.165) is 16.8 Å². The first-order valence-electron chi connectivity index (χ1n) is 8.94. The third-order valence-electron chi connectivity index (χ3n) is 3.78. The quantitative estimate of drug-likeness (QED) is 0.823. The fourth-order valence-electron chi connectivity index (χ4n) is 2.59. The monoisotopic (exact) mass is 356 g/mol. The molecule has 2 rings (SSSR count). The smallest absolute Gasteiger partial charge is 0.410 e. The van der Waals surface area contributed by atoms with Gasteiger partial charge < -0.3 is 14.7 Å². The van der Waals surface area contributed by atoms with Crippen LogP contribution in [-0.2, 0) is 24.1 Å². The van der Waals surface area contributed by atoms with Crippen LogP contribution in [0.3, 0.4) is 0 Å². The minimum atomic E-state index is -0.543. The number of ether oxygens (including phenoxy) is 1. The second-order valence-corrected chi connectivity index (χ2v) is 7.27. The molecule has 0 aliphatic carbocycles. The number of nitrogens with zero attached hydrogens (tertiary/aromatic N) is 2. The number of pyridine rings is 1. The summed E-state index contributed by atoms with van der Waals surface area (Å²) < 4.78 is 5.56. The van der Waals surface area contributed by atoms with Gasteiger partial charge in [-0.25, -0.2) is 4.79 Å². The molecule has 2 aromatic rings. The first kappa shape index (κ1) is 19.9. The van der Waals surface area contributed by atoms with Crippen LogP contribution in [0.4, 0.5) is 4.79 Å². The Labute approximate surface area is 155 Å². The SMILES string of the molecule is CC(C)(C)OC(=O)N(CCc1ccccn1)Cc1cccc(CCO)c1. The molecule has 5 nitrogen and oxygen atoms in total. The van der Waals surface area contributed by atoms with Crippen LogP contribution in [0, 0.1) is 0 Å². The highest BCUT2D eigenvalue weighted by Gasteiger charge is 2.22. The highest BCUT2D eigenvalue weighted by atomic mass is 16.6. The molecule has 1 aromatic carbocycles. The lowest BCUT2D eigenvalue weighted by Crippen LogP contribution is -2.37. The summed E-state index contributed by atoms with van der Waals surface area (Å²) in [5.41, 5.74) is 2.47. The summed E-state index contributed by atoms with van der Waals surface area (Å²) in [6.07, 6.45) is 2.69. The number of carbonyl (C=O) groups is 1. The third-order valence-corrected chi connectivity index (χ3v) is 3.78. The van der Waals surface area contributed by atoms with Crippen molar-refractivity contribution >= 4 is 6.09 Å². The number of amides is 1. The molecule has 1 amide bonds. The van der Waals surface area contributed by atoms with Gasteiger partial charge in [-0.05, 0) is 50.5 Å². The largest absolute Gasteiger partial charge is 0.444 e. The molecular weight excluding hydrogens is 328 g/mol. The number of aliphatic hydroxyl groups is 1. The number of rotatable bonds is 7. The zero-order valence-electron chi connectivity index (χ0n) is 15.8. The second-order valence-electron chi connectivity index (χ2n) is 7.27. The molecule has 140 valence electrons. The van der Waals surface area contributed by atoms with Crippen LogP contribution in [0.2, 0.25) is 0 Å². The maximum atomic E-state index is 12.6. The highest BCUT2D eigenvalue weighted by molar-refractivity contribution is 5.68. The van der Waals surface area contributed by atoms with Gasteiger partial charge in [0, 0.05) is 38.0 Å². The van der Waals surface area contributed by atoms with Crippen molar-refractivity contribution in [3.63, 3.8) is 0 Å². The van der Waals surface area contributed by atoms with Gasteiger partial charge in [0.1, 0.15) is 5.60 Å². The lowest BCUT2D eigenvalue weighted by atomic mass is 10.1. The predicted molar refractivity (Wildman–Crippen MR) is 102 cm³/mol. The molecule has 0 atom stereocenters. The molecular formula is C21H28N2O3. The Bertz CT molecular complexity index is 696. The fourth-order valence-corrected chi connectivity index (χ4v) is 2.59. The van der Waals surface area contributed by atoms with Crippen LogP contribution < -0.4 is 0 Å². The Balaban J connectivity index is 2.11. The number of benzene rings is 1. The molecule has 5 heteroatoms. The summed E-state index contributed by atoms with van der Waals surface area (Å²) in [7, 11) is 0. The molecule has 1 N–H and O–H groups in total. The van der Waals surface area contributed by atoms with Crippen LogP contribution >= 0.6 is 0 Å². The molecule has 0 saturated carbocycles. The lowest BCUT2D eigenvalue weighted by molar-refractivity contribution is 0.0235. The van der Waals surface area contributed by atoms with Gasteiger partial charge in [-0.2, -0.15) is 0 Å². The maximum absolute atomic E-state index is 12.6. The number of carbonyl (C=O) groups excluding carboxylic acids is 1. The third kappa shape index (κ3) is 6.84. The van der Waals surface area contributed by atoms with E-state index in [1.54, 1.807) is 11.1 Å². The van der Waals surface area contributed by atoms with E-state index >= 15 is 0 Å².